The van der Waals surface area contributed by atoms with Gasteiger partial charge in [-0.3, -0.25) is 4.79 Å². The summed E-state index contributed by atoms with van der Waals surface area (Å²) in [5.74, 6) is 0.594. The second kappa shape index (κ2) is 4.34. The van der Waals surface area contributed by atoms with Gasteiger partial charge in [-0.1, -0.05) is 13.8 Å². The van der Waals surface area contributed by atoms with Gasteiger partial charge in [0.25, 0.3) is 0 Å². The first kappa shape index (κ1) is 11.9. The summed E-state index contributed by atoms with van der Waals surface area (Å²) in [4.78, 5) is 14.4. The van der Waals surface area contributed by atoms with Gasteiger partial charge in [-0.25, -0.2) is 0 Å². The molecule has 0 aromatic carbocycles. The summed E-state index contributed by atoms with van der Waals surface area (Å²) in [7, 11) is 0. The highest BCUT2D eigenvalue weighted by Crippen LogP contribution is 2.36. The van der Waals surface area contributed by atoms with Crippen LogP contribution in [-0.4, -0.2) is 48.2 Å². The SMILES string of the molecule is CC(C)C1(C(=O)N2CCC(O)C2)CCNC1. The lowest BCUT2D eigenvalue weighted by Crippen LogP contribution is -2.47. The van der Waals surface area contributed by atoms with Crippen molar-refractivity contribution >= 4 is 5.91 Å². The van der Waals surface area contributed by atoms with Crippen LogP contribution in [0.15, 0.2) is 0 Å². The van der Waals surface area contributed by atoms with E-state index in [-0.39, 0.29) is 17.4 Å². The maximum Gasteiger partial charge on any atom is 0.230 e. The van der Waals surface area contributed by atoms with Gasteiger partial charge >= 0.3 is 0 Å². The second-order valence-electron chi connectivity index (χ2n) is 5.43. The zero-order valence-corrected chi connectivity index (χ0v) is 10.2. The van der Waals surface area contributed by atoms with Crippen LogP contribution in [-0.2, 0) is 4.79 Å². The summed E-state index contributed by atoms with van der Waals surface area (Å²) in [5, 5.41) is 12.8. The van der Waals surface area contributed by atoms with Crippen molar-refractivity contribution < 1.29 is 9.90 Å². The molecule has 2 N–H and O–H groups in total. The minimum atomic E-state index is -0.317. The lowest BCUT2D eigenvalue weighted by molar-refractivity contribution is -0.143. The van der Waals surface area contributed by atoms with E-state index in [9.17, 15) is 9.90 Å². The molecule has 2 heterocycles. The van der Waals surface area contributed by atoms with Gasteiger partial charge in [0.1, 0.15) is 0 Å². The van der Waals surface area contributed by atoms with E-state index in [1.807, 2.05) is 4.90 Å². The molecule has 0 radical (unpaired) electrons. The number of amides is 1. The van der Waals surface area contributed by atoms with E-state index < -0.39 is 0 Å². The third kappa shape index (κ3) is 1.84. The van der Waals surface area contributed by atoms with Crippen LogP contribution >= 0.6 is 0 Å². The molecule has 0 spiro atoms. The van der Waals surface area contributed by atoms with Gasteiger partial charge in [0.15, 0.2) is 0 Å². The quantitative estimate of drug-likeness (QED) is 0.708. The molecular formula is C12H22N2O2. The number of carbonyl (C=O) groups excluding carboxylic acids is 1. The number of β-amino-alcohol motifs (C(OH)–C–C–N with tert-alkyl or cyclic N) is 1. The molecule has 0 bridgehead atoms. The van der Waals surface area contributed by atoms with Crippen LogP contribution < -0.4 is 5.32 Å². The van der Waals surface area contributed by atoms with Crippen LogP contribution in [0.2, 0.25) is 0 Å². The summed E-state index contributed by atoms with van der Waals surface area (Å²) < 4.78 is 0. The van der Waals surface area contributed by atoms with Crippen molar-refractivity contribution in [2.45, 2.75) is 32.8 Å². The minimum Gasteiger partial charge on any atom is -0.391 e. The number of carbonyl (C=O) groups is 1. The lowest BCUT2D eigenvalue weighted by atomic mass is 9.75. The molecule has 2 aliphatic heterocycles. The Morgan fingerprint density at radius 3 is 2.75 bits per heavy atom. The molecule has 2 rings (SSSR count). The maximum absolute atomic E-state index is 12.5. The fourth-order valence-corrected chi connectivity index (χ4v) is 2.87. The van der Waals surface area contributed by atoms with Gasteiger partial charge in [0.05, 0.1) is 11.5 Å². The number of rotatable bonds is 2. The van der Waals surface area contributed by atoms with E-state index in [1.54, 1.807) is 0 Å². The summed E-state index contributed by atoms with van der Waals surface area (Å²) in [6, 6.07) is 0. The molecule has 0 aromatic rings. The van der Waals surface area contributed by atoms with Crippen molar-refractivity contribution in [3.8, 4) is 0 Å². The number of likely N-dealkylation sites (tertiary alicyclic amines) is 1. The van der Waals surface area contributed by atoms with Crippen LogP contribution in [0.5, 0.6) is 0 Å². The zero-order valence-electron chi connectivity index (χ0n) is 10.2. The maximum atomic E-state index is 12.5. The summed E-state index contributed by atoms with van der Waals surface area (Å²) in [6.45, 7) is 7.20. The van der Waals surface area contributed by atoms with Crippen LogP contribution in [0.3, 0.4) is 0 Å². The monoisotopic (exact) mass is 226 g/mol. The van der Waals surface area contributed by atoms with Crippen molar-refractivity contribution in [3.05, 3.63) is 0 Å². The van der Waals surface area contributed by atoms with Gasteiger partial charge < -0.3 is 15.3 Å². The molecule has 0 aromatic heterocycles. The highest BCUT2D eigenvalue weighted by molar-refractivity contribution is 5.84. The Labute approximate surface area is 97.0 Å². The van der Waals surface area contributed by atoms with E-state index >= 15 is 0 Å². The van der Waals surface area contributed by atoms with Gasteiger partial charge in [-0.15, -0.1) is 0 Å². The predicted molar refractivity (Wildman–Crippen MR) is 62.0 cm³/mol. The van der Waals surface area contributed by atoms with Gasteiger partial charge in [-0.05, 0) is 25.3 Å². The normalized spacial score (nSPS) is 35.0. The molecule has 92 valence electrons. The molecule has 2 saturated heterocycles. The molecule has 2 atom stereocenters. The number of aliphatic hydroxyl groups excluding tert-OH is 1. The summed E-state index contributed by atoms with van der Waals surface area (Å²) >= 11 is 0. The van der Waals surface area contributed by atoms with Crippen LogP contribution in [0.25, 0.3) is 0 Å². The average Bonchev–Trinajstić information content (AvgIpc) is 2.85. The highest BCUT2D eigenvalue weighted by Gasteiger charge is 2.46. The van der Waals surface area contributed by atoms with Crippen LogP contribution in [0, 0.1) is 11.3 Å². The van der Waals surface area contributed by atoms with Crippen molar-refractivity contribution in [2.24, 2.45) is 11.3 Å². The van der Waals surface area contributed by atoms with E-state index in [2.05, 4.69) is 19.2 Å². The highest BCUT2D eigenvalue weighted by atomic mass is 16.3. The molecule has 2 aliphatic rings. The fraction of sp³-hybridized carbons (Fsp3) is 0.917. The average molecular weight is 226 g/mol. The Hall–Kier alpha value is -0.610. The minimum absolute atomic E-state index is 0.232. The first-order chi connectivity index (χ1) is 7.56. The van der Waals surface area contributed by atoms with Crippen molar-refractivity contribution in [1.82, 2.24) is 10.2 Å². The molecule has 2 unspecified atom stereocenters. The van der Waals surface area contributed by atoms with E-state index in [1.165, 1.54) is 0 Å². The van der Waals surface area contributed by atoms with Crippen molar-refractivity contribution in [2.75, 3.05) is 26.2 Å². The Balaban J connectivity index is 2.12. The van der Waals surface area contributed by atoms with Gasteiger partial charge in [0.2, 0.25) is 5.91 Å². The smallest absolute Gasteiger partial charge is 0.230 e. The third-order valence-electron chi connectivity index (χ3n) is 4.17. The number of hydrogen-bond donors (Lipinski definition) is 2. The standard InChI is InChI=1S/C12H22N2O2/c1-9(2)12(4-5-13-8-12)11(16)14-6-3-10(15)7-14/h9-10,13,15H,3-8H2,1-2H3. The molecule has 4 nitrogen and oxygen atoms in total. The molecule has 0 aliphatic carbocycles. The first-order valence-electron chi connectivity index (χ1n) is 6.24. The third-order valence-corrected chi connectivity index (χ3v) is 4.17. The lowest BCUT2D eigenvalue weighted by Gasteiger charge is -2.35. The molecular weight excluding hydrogens is 204 g/mol. The van der Waals surface area contributed by atoms with E-state index in [4.69, 9.17) is 0 Å². The topological polar surface area (TPSA) is 52.6 Å². The fourth-order valence-electron chi connectivity index (χ4n) is 2.87. The van der Waals surface area contributed by atoms with E-state index in [0.717, 1.165) is 25.9 Å². The number of aliphatic hydroxyl groups is 1. The first-order valence-corrected chi connectivity index (χ1v) is 6.24. The number of nitrogens with zero attached hydrogens (tertiary/aromatic N) is 1. The molecule has 16 heavy (non-hydrogen) atoms. The Morgan fingerprint density at radius 2 is 2.31 bits per heavy atom. The number of hydrogen-bond acceptors (Lipinski definition) is 3. The van der Waals surface area contributed by atoms with Crippen molar-refractivity contribution in [1.29, 1.82) is 0 Å². The summed E-state index contributed by atoms with van der Waals surface area (Å²) in [5.41, 5.74) is -0.232. The number of nitrogens with one attached hydrogen (secondary N) is 1. The molecule has 4 heteroatoms. The Morgan fingerprint density at radius 1 is 1.56 bits per heavy atom. The second-order valence-corrected chi connectivity index (χ2v) is 5.43. The van der Waals surface area contributed by atoms with Crippen molar-refractivity contribution in [3.63, 3.8) is 0 Å². The zero-order chi connectivity index (χ0) is 11.8. The molecule has 1 amide bonds. The van der Waals surface area contributed by atoms with E-state index in [0.29, 0.717) is 19.0 Å². The van der Waals surface area contributed by atoms with Crippen LogP contribution in [0.1, 0.15) is 26.7 Å². The van der Waals surface area contributed by atoms with Crippen LogP contribution in [0.4, 0.5) is 0 Å². The Bertz CT molecular complexity index is 272. The largest absolute Gasteiger partial charge is 0.391 e. The van der Waals surface area contributed by atoms with Gasteiger partial charge in [-0.2, -0.15) is 0 Å². The molecule has 0 saturated carbocycles. The summed E-state index contributed by atoms with van der Waals surface area (Å²) in [6.07, 6.45) is 1.34. The van der Waals surface area contributed by atoms with Gasteiger partial charge in [0, 0.05) is 19.6 Å². The molecule has 2 fully saturated rings. The Kier molecular flexibility index (Phi) is 3.22. The predicted octanol–water partition coefficient (Wildman–Crippen LogP) is 0.215.